The monoisotopic (exact) mass is 562 g/mol. The third kappa shape index (κ3) is 6.84. The number of carbonyl (C=O) groups is 2. The van der Waals surface area contributed by atoms with Crippen LogP contribution in [0.25, 0.3) is 11.1 Å². The Morgan fingerprint density at radius 3 is 2.63 bits per heavy atom. The van der Waals surface area contributed by atoms with Crippen LogP contribution in [0.15, 0.2) is 58.5 Å². The number of anilines is 1. The van der Waals surface area contributed by atoms with Gasteiger partial charge in [0.2, 0.25) is 5.88 Å². The smallest absolute Gasteiger partial charge is 0.308 e. The minimum atomic E-state index is -4.23. The Morgan fingerprint density at radius 1 is 1.26 bits per heavy atom. The van der Waals surface area contributed by atoms with Crippen molar-refractivity contribution in [2.24, 2.45) is 10.9 Å². The van der Waals surface area contributed by atoms with Crippen LogP contribution in [0.2, 0.25) is 5.02 Å². The summed E-state index contributed by atoms with van der Waals surface area (Å²) in [6.07, 6.45) is 3.49. The Kier molecular flexibility index (Phi) is 9.02. The Labute approximate surface area is 223 Å². The maximum absolute atomic E-state index is 13.4. The first kappa shape index (κ1) is 28.5. The summed E-state index contributed by atoms with van der Waals surface area (Å²) in [5.74, 6) is -2.24. The number of nitrogens with one attached hydrogen (secondary N) is 1. The van der Waals surface area contributed by atoms with Gasteiger partial charge < -0.3 is 14.7 Å². The number of ether oxygens (including phenoxy) is 1. The highest BCUT2D eigenvalue weighted by atomic mass is 35.5. The van der Waals surface area contributed by atoms with Crippen molar-refractivity contribution in [2.75, 3.05) is 25.4 Å². The molecule has 1 atom stereocenters. The molecule has 0 bridgehead atoms. The van der Waals surface area contributed by atoms with Crippen LogP contribution in [0.4, 0.5) is 15.8 Å². The Bertz CT molecular complexity index is 1500. The summed E-state index contributed by atoms with van der Waals surface area (Å²) in [5.41, 5.74) is 1.59. The van der Waals surface area contributed by atoms with Gasteiger partial charge in [-0.3, -0.25) is 14.3 Å². The zero-order chi connectivity index (χ0) is 28.0. The highest BCUT2D eigenvalue weighted by Crippen LogP contribution is 2.33. The second kappa shape index (κ2) is 12.0. The fraction of sp³-hybridized carbons (Fsp3) is 0.200. The molecule has 0 amide bonds. The van der Waals surface area contributed by atoms with E-state index < -0.39 is 27.7 Å². The first-order chi connectivity index (χ1) is 17.9. The van der Waals surface area contributed by atoms with Crippen molar-refractivity contribution < 1.29 is 32.2 Å². The molecule has 13 heteroatoms. The van der Waals surface area contributed by atoms with E-state index in [4.69, 9.17) is 21.4 Å². The number of pyridine rings is 1. The van der Waals surface area contributed by atoms with Gasteiger partial charge in [-0.1, -0.05) is 24.6 Å². The molecule has 0 aliphatic carbocycles. The van der Waals surface area contributed by atoms with Crippen LogP contribution in [0.3, 0.4) is 0 Å². The number of aromatic nitrogens is 1. The van der Waals surface area contributed by atoms with Crippen LogP contribution in [0.1, 0.15) is 17.3 Å². The van der Waals surface area contributed by atoms with Gasteiger partial charge in [0.15, 0.2) is 6.29 Å². The van der Waals surface area contributed by atoms with E-state index in [1.807, 2.05) is 0 Å². The number of halogens is 2. The summed E-state index contributed by atoms with van der Waals surface area (Å²) in [7, 11) is -1.24. The minimum absolute atomic E-state index is 0.00526. The van der Waals surface area contributed by atoms with E-state index in [-0.39, 0.29) is 33.6 Å². The highest BCUT2D eigenvalue weighted by molar-refractivity contribution is 7.92. The first-order valence-electron chi connectivity index (χ1n) is 11.0. The van der Waals surface area contributed by atoms with Gasteiger partial charge in [-0.25, -0.2) is 22.8 Å². The summed E-state index contributed by atoms with van der Waals surface area (Å²) in [4.78, 5) is 32.5. The lowest BCUT2D eigenvalue weighted by Gasteiger charge is -2.16. The Hall–Kier alpha value is -4.03. The maximum atomic E-state index is 13.4. The number of carbonyl (C=O) groups excluding carboxylic acids is 1. The standard InChI is InChI=1S/C25H24ClFN4O6S/c1-15(25(33)34)12-31(2)14-29-21-6-4-16(8-18(21)13-32)17-9-22(24(37-3)28-11-17)30-38(35,36)23-7-5-19(27)10-20(23)26/h4-11,13-15,30H,12H2,1-3H3,(H,33,34)/b29-14-. The van der Waals surface area contributed by atoms with Crippen molar-refractivity contribution in [1.82, 2.24) is 9.88 Å². The number of methoxy groups -OCH3 is 1. The van der Waals surface area contributed by atoms with E-state index in [2.05, 4.69) is 14.7 Å². The number of aliphatic imine (C=N–C) groups is 1. The fourth-order valence-electron chi connectivity index (χ4n) is 3.40. The molecule has 200 valence electrons. The molecule has 0 saturated carbocycles. The zero-order valence-electron chi connectivity index (χ0n) is 20.6. The van der Waals surface area contributed by atoms with Crippen LogP contribution in [-0.4, -0.2) is 62.7 Å². The highest BCUT2D eigenvalue weighted by Gasteiger charge is 2.21. The zero-order valence-corrected chi connectivity index (χ0v) is 22.1. The van der Waals surface area contributed by atoms with E-state index in [0.29, 0.717) is 23.1 Å². The number of benzene rings is 2. The number of carboxylic acid groups (broad SMARTS) is 1. The summed E-state index contributed by atoms with van der Waals surface area (Å²) in [6, 6.07) is 9.18. The van der Waals surface area contributed by atoms with Crippen molar-refractivity contribution in [1.29, 1.82) is 0 Å². The number of rotatable bonds is 11. The molecule has 1 heterocycles. The van der Waals surface area contributed by atoms with Crippen molar-refractivity contribution in [3.63, 3.8) is 0 Å². The molecule has 3 aromatic rings. The fourth-order valence-corrected chi connectivity index (χ4v) is 4.98. The molecule has 38 heavy (non-hydrogen) atoms. The maximum Gasteiger partial charge on any atom is 0.308 e. The van der Waals surface area contributed by atoms with Gasteiger partial charge in [-0.2, -0.15) is 0 Å². The molecule has 0 saturated heterocycles. The second-order valence-corrected chi connectivity index (χ2v) is 10.3. The summed E-state index contributed by atoms with van der Waals surface area (Å²) < 4.78 is 46.8. The molecule has 0 aliphatic rings. The number of aldehydes is 1. The minimum Gasteiger partial charge on any atom is -0.481 e. The van der Waals surface area contributed by atoms with Gasteiger partial charge in [-0.15, -0.1) is 0 Å². The quantitative estimate of drug-likeness (QED) is 0.198. The Morgan fingerprint density at radius 2 is 2.00 bits per heavy atom. The summed E-state index contributed by atoms with van der Waals surface area (Å²) in [5, 5.41) is 8.75. The van der Waals surface area contributed by atoms with E-state index in [1.165, 1.54) is 25.7 Å². The topological polar surface area (TPSA) is 138 Å². The first-order valence-corrected chi connectivity index (χ1v) is 12.9. The number of nitrogens with zero attached hydrogens (tertiary/aromatic N) is 3. The van der Waals surface area contributed by atoms with Crippen molar-refractivity contribution in [2.45, 2.75) is 11.8 Å². The number of hydrogen-bond acceptors (Lipinski definition) is 7. The molecule has 2 N–H and O–H groups in total. The van der Waals surface area contributed by atoms with Crippen molar-refractivity contribution in [3.05, 3.63) is 65.1 Å². The average molecular weight is 563 g/mol. The predicted octanol–water partition coefficient (Wildman–Crippen LogP) is 4.48. The summed E-state index contributed by atoms with van der Waals surface area (Å²) >= 11 is 5.93. The van der Waals surface area contributed by atoms with Crippen LogP contribution in [0, 0.1) is 11.7 Å². The van der Waals surface area contributed by atoms with Gasteiger partial charge in [0.1, 0.15) is 16.4 Å². The molecule has 0 fully saturated rings. The van der Waals surface area contributed by atoms with E-state index in [1.54, 1.807) is 37.1 Å². The summed E-state index contributed by atoms with van der Waals surface area (Å²) in [6.45, 7) is 1.80. The lowest BCUT2D eigenvalue weighted by molar-refractivity contribution is -0.141. The van der Waals surface area contributed by atoms with E-state index in [0.717, 1.165) is 18.2 Å². The van der Waals surface area contributed by atoms with Gasteiger partial charge in [0, 0.05) is 30.9 Å². The molecule has 1 unspecified atom stereocenters. The molecule has 0 radical (unpaired) electrons. The molecule has 2 aromatic carbocycles. The van der Waals surface area contributed by atoms with Crippen LogP contribution >= 0.6 is 11.6 Å². The van der Waals surface area contributed by atoms with Crippen LogP contribution in [-0.2, 0) is 14.8 Å². The lowest BCUT2D eigenvalue weighted by atomic mass is 10.0. The van der Waals surface area contributed by atoms with Crippen molar-refractivity contribution in [3.8, 4) is 17.0 Å². The second-order valence-electron chi connectivity index (χ2n) is 8.28. The van der Waals surface area contributed by atoms with Gasteiger partial charge in [-0.05, 0) is 42.0 Å². The Balaban J connectivity index is 1.92. The number of hydrogen-bond donors (Lipinski definition) is 2. The molecule has 0 spiro atoms. The third-order valence-corrected chi connectivity index (χ3v) is 7.19. The molecule has 3 rings (SSSR count). The molecule has 10 nitrogen and oxygen atoms in total. The molecule has 0 aliphatic heterocycles. The molecule has 1 aromatic heterocycles. The van der Waals surface area contributed by atoms with Gasteiger partial charge >= 0.3 is 5.97 Å². The number of aliphatic carboxylic acids is 1. The lowest BCUT2D eigenvalue weighted by Crippen LogP contribution is -2.27. The van der Waals surface area contributed by atoms with Crippen LogP contribution < -0.4 is 9.46 Å². The number of carboxylic acids is 1. The van der Waals surface area contributed by atoms with Gasteiger partial charge in [0.05, 0.1) is 30.1 Å². The van der Waals surface area contributed by atoms with E-state index >= 15 is 0 Å². The van der Waals surface area contributed by atoms with Crippen LogP contribution in [0.5, 0.6) is 5.88 Å². The van der Waals surface area contributed by atoms with Gasteiger partial charge in [0.25, 0.3) is 10.0 Å². The molecular formula is C25H24ClFN4O6S. The van der Waals surface area contributed by atoms with Crippen molar-refractivity contribution >= 4 is 51.6 Å². The third-order valence-electron chi connectivity index (χ3n) is 5.34. The average Bonchev–Trinajstić information content (AvgIpc) is 2.86. The number of sulfonamides is 1. The molecular weight excluding hydrogens is 539 g/mol. The largest absolute Gasteiger partial charge is 0.481 e. The normalized spacial score (nSPS) is 12.2. The van der Waals surface area contributed by atoms with E-state index in [9.17, 15) is 22.4 Å². The predicted molar refractivity (Wildman–Crippen MR) is 141 cm³/mol. The SMILES string of the molecule is COc1ncc(-c2ccc(/N=C\N(C)CC(C)C(=O)O)c(C=O)c2)cc1NS(=O)(=O)c1ccc(F)cc1Cl.